The average molecular weight is 464 g/mol. The topological polar surface area (TPSA) is 100.0 Å². The highest BCUT2D eigenvalue weighted by atomic mass is 16.6. The van der Waals surface area contributed by atoms with E-state index in [2.05, 4.69) is 45.7 Å². The SMILES string of the molecule is CN1CCN(c2cccc3ccc(OCC(=O)NCCNc4ccc([N+](=O)[O-])cc4)cc23)CC1. The number of ether oxygens (including phenoxy) is 1. The van der Waals surface area contributed by atoms with E-state index in [9.17, 15) is 14.9 Å². The first kappa shape index (κ1) is 23.3. The summed E-state index contributed by atoms with van der Waals surface area (Å²) in [6.45, 7) is 4.86. The van der Waals surface area contributed by atoms with Gasteiger partial charge in [-0.25, -0.2) is 0 Å². The van der Waals surface area contributed by atoms with Crippen molar-refractivity contribution < 1.29 is 14.5 Å². The van der Waals surface area contributed by atoms with E-state index < -0.39 is 4.92 Å². The Morgan fingerprint density at radius 1 is 1.03 bits per heavy atom. The van der Waals surface area contributed by atoms with Crippen LogP contribution in [0.2, 0.25) is 0 Å². The van der Waals surface area contributed by atoms with Crippen molar-refractivity contribution in [2.24, 2.45) is 0 Å². The number of amides is 1. The van der Waals surface area contributed by atoms with Gasteiger partial charge in [0, 0.05) is 68.2 Å². The molecular weight excluding hydrogens is 434 g/mol. The number of nitro benzene ring substituents is 1. The quantitative estimate of drug-likeness (QED) is 0.286. The van der Waals surface area contributed by atoms with Crippen molar-refractivity contribution in [1.82, 2.24) is 10.2 Å². The van der Waals surface area contributed by atoms with Crippen molar-refractivity contribution in [1.29, 1.82) is 0 Å². The van der Waals surface area contributed by atoms with Gasteiger partial charge < -0.3 is 25.2 Å². The van der Waals surface area contributed by atoms with Crippen LogP contribution in [0.15, 0.2) is 60.7 Å². The number of benzene rings is 3. The molecule has 178 valence electrons. The van der Waals surface area contributed by atoms with E-state index in [1.54, 1.807) is 12.1 Å². The molecule has 1 aliphatic rings. The summed E-state index contributed by atoms with van der Waals surface area (Å²) in [5, 5.41) is 18.9. The van der Waals surface area contributed by atoms with Gasteiger partial charge in [0.05, 0.1) is 4.92 Å². The fourth-order valence-corrected chi connectivity index (χ4v) is 3.96. The van der Waals surface area contributed by atoms with Crippen LogP contribution in [0.25, 0.3) is 10.8 Å². The number of nitro groups is 1. The molecule has 2 N–H and O–H groups in total. The molecule has 0 radical (unpaired) electrons. The molecule has 9 nitrogen and oxygen atoms in total. The Morgan fingerprint density at radius 3 is 2.53 bits per heavy atom. The molecule has 0 unspecified atom stereocenters. The molecule has 0 saturated carbocycles. The molecule has 1 heterocycles. The highest BCUT2D eigenvalue weighted by molar-refractivity contribution is 5.95. The van der Waals surface area contributed by atoms with Gasteiger partial charge in [-0.15, -0.1) is 0 Å². The van der Waals surface area contributed by atoms with Gasteiger partial charge in [-0.2, -0.15) is 0 Å². The number of rotatable bonds is 9. The van der Waals surface area contributed by atoms with Crippen LogP contribution in [0, 0.1) is 10.1 Å². The van der Waals surface area contributed by atoms with Crippen LogP contribution in [0.4, 0.5) is 17.1 Å². The molecule has 0 atom stereocenters. The molecule has 1 fully saturated rings. The molecule has 1 saturated heterocycles. The lowest BCUT2D eigenvalue weighted by atomic mass is 10.1. The molecule has 0 aromatic heterocycles. The monoisotopic (exact) mass is 463 g/mol. The number of hydrogen-bond donors (Lipinski definition) is 2. The van der Waals surface area contributed by atoms with Crippen molar-refractivity contribution in [3.05, 3.63) is 70.8 Å². The zero-order valence-corrected chi connectivity index (χ0v) is 19.2. The minimum absolute atomic E-state index is 0.0420. The number of carbonyl (C=O) groups excluding carboxylic acids is 1. The van der Waals surface area contributed by atoms with Crippen molar-refractivity contribution in [3.8, 4) is 5.75 Å². The smallest absolute Gasteiger partial charge is 0.269 e. The molecular formula is C25H29N5O4. The molecule has 3 aromatic carbocycles. The van der Waals surface area contributed by atoms with Gasteiger partial charge in [-0.1, -0.05) is 18.2 Å². The summed E-state index contributed by atoms with van der Waals surface area (Å²) in [5.41, 5.74) is 1.99. The van der Waals surface area contributed by atoms with E-state index in [0.717, 1.165) is 42.6 Å². The molecule has 1 aliphatic heterocycles. The summed E-state index contributed by atoms with van der Waals surface area (Å²) < 4.78 is 5.76. The van der Waals surface area contributed by atoms with Crippen LogP contribution in [0.1, 0.15) is 0 Å². The number of nitrogens with zero attached hydrogens (tertiary/aromatic N) is 3. The first-order valence-corrected chi connectivity index (χ1v) is 11.3. The maximum Gasteiger partial charge on any atom is 0.269 e. The second-order valence-corrected chi connectivity index (χ2v) is 8.32. The molecule has 9 heteroatoms. The largest absolute Gasteiger partial charge is 0.484 e. The highest BCUT2D eigenvalue weighted by Crippen LogP contribution is 2.30. The fourth-order valence-electron chi connectivity index (χ4n) is 3.96. The van der Waals surface area contributed by atoms with Crippen molar-refractivity contribution in [2.45, 2.75) is 0 Å². The Morgan fingerprint density at radius 2 is 1.79 bits per heavy atom. The number of likely N-dealkylation sites (N-methyl/N-ethyl adjacent to an activating group) is 1. The Labute approximate surface area is 198 Å². The van der Waals surface area contributed by atoms with Crippen LogP contribution < -0.4 is 20.3 Å². The summed E-state index contributed by atoms with van der Waals surface area (Å²) in [6.07, 6.45) is 0. The third-order valence-electron chi connectivity index (χ3n) is 5.90. The molecule has 0 bridgehead atoms. The maximum absolute atomic E-state index is 12.2. The van der Waals surface area contributed by atoms with E-state index in [1.165, 1.54) is 17.8 Å². The van der Waals surface area contributed by atoms with E-state index >= 15 is 0 Å². The number of fused-ring (bicyclic) bond motifs is 1. The third-order valence-corrected chi connectivity index (χ3v) is 5.90. The van der Waals surface area contributed by atoms with Crippen LogP contribution in [0.3, 0.4) is 0 Å². The summed E-state index contributed by atoms with van der Waals surface area (Å²) in [6, 6.07) is 18.4. The zero-order valence-electron chi connectivity index (χ0n) is 19.2. The highest BCUT2D eigenvalue weighted by Gasteiger charge is 2.16. The average Bonchev–Trinajstić information content (AvgIpc) is 2.85. The molecule has 34 heavy (non-hydrogen) atoms. The van der Waals surface area contributed by atoms with E-state index in [-0.39, 0.29) is 18.2 Å². The number of hydrogen-bond acceptors (Lipinski definition) is 7. The normalized spacial score (nSPS) is 14.1. The first-order valence-electron chi connectivity index (χ1n) is 11.3. The van der Waals surface area contributed by atoms with Crippen molar-refractivity contribution in [2.75, 3.05) is 63.1 Å². The third kappa shape index (κ3) is 5.93. The second kappa shape index (κ2) is 10.8. The van der Waals surface area contributed by atoms with E-state index in [1.807, 2.05) is 18.2 Å². The van der Waals surface area contributed by atoms with Crippen molar-refractivity contribution >= 4 is 33.7 Å². The van der Waals surface area contributed by atoms with Crippen LogP contribution in [0.5, 0.6) is 5.75 Å². The Kier molecular flexibility index (Phi) is 7.44. The molecule has 0 spiro atoms. The second-order valence-electron chi connectivity index (χ2n) is 8.32. The number of nitrogens with one attached hydrogen (secondary N) is 2. The molecule has 1 amide bonds. The van der Waals surface area contributed by atoms with Gasteiger partial charge in [0.1, 0.15) is 5.75 Å². The first-order chi connectivity index (χ1) is 16.5. The maximum atomic E-state index is 12.2. The predicted octanol–water partition coefficient (Wildman–Crippen LogP) is 3.11. The van der Waals surface area contributed by atoms with Crippen LogP contribution in [-0.2, 0) is 4.79 Å². The standard InChI is InChI=1S/C25H29N5O4/c1-28-13-15-29(16-14-28)24-4-2-3-19-5-10-22(17-23(19)24)34-18-25(31)27-12-11-26-20-6-8-21(9-7-20)30(32)33/h2-10,17,26H,11-16,18H2,1H3,(H,27,31). The Hall–Kier alpha value is -3.85. The predicted molar refractivity (Wildman–Crippen MR) is 134 cm³/mol. The van der Waals surface area contributed by atoms with Crippen LogP contribution >= 0.6 is 0 Å². The summed E-state index contributed by atoms with van der Waals surface area (Å²) in [5.74, 6) is 0.450. The number of non-ortho nitro benzene ring substituents is 1. The van der Waals surface area contributed by atoms with Crippen molar-refractivity contribution in [3.63, 3.8) is 0 Å². The molecule has 4 rings (SSSR count). The van der Waals surface area contributed by atoms with Gasteiger partial charge in [-0.3, -0.25) is 14.9 Å². The lowest BCUT2D eigenvalue weighted by molar-refractivity contribution is -0.384. The summed E-state index contributed by atoms with van der Waals surface area (Å²) in [7, 11) is 2.14. The summed E-state index contributed by atoms with van der Waals surface area (Å²) in [4.78, 5) is 27.2. The molecule has 0 aliphatic carbocycles. The lowest BCUT2D eigenvalue weighted by Gasteiger charge is -2.34. The Bertz CT molecular complexity index is 1140. The minimum Gasteiger partial charge on any atom is -0.484 e. The van der Waals surface area contributed by atoms with Gasteiger partial charge in [0.15, 0.2) is 6.61 Å². The summed E-state index contributed by atoms with van der Waals surface area (Å²) >= 11 is 0. The lowest BCUT2D eigenvalue weighted by Crippen LogP contribution is -2.44. The number of anilines is 2. The van der Waals surface area contributed by atoms with Gasteiger partial charge in [0.2, 0.25) is 0 Å². The fraction of sp³-hybridized carbons (Fsp3) is 0.320. The van der Waals surface area contributed by atoms with E-state index in [0.29, 0.717) is 18.8 Å². The van der Waals surface area contributed by atoms with Gasteiger partial charge >= 0.3 is 0 Å². The van der Waals surface area contributed by atoms with Gasteiger partial charge in [-0.05, 0) is 42.8 Å². The van der Waals surface area contributed by atoms with E-state index in [4.69, 9.17) is 4.74 Å². The zero-order chi connectivity index (χ0) is 23.9. The molecule has 3 aromatic rings. The Balaban J connectivity index is 1.27. The van der Waals surface area contributed by atoms with Gasteiger partial charge in [0.25, 0.3) is 11.6 Å². The number of piperazine rings is 1. The minimum atomic E-state index is -0.438. The number of carbonyl (C=O) groups is 1. The van der Waals surface area contributed by atoms with Crippen LogP contribution in [-0.4, -0.2) is 68.7 Å².